The van der Waals surface area contributed by atoms with Gasteiger partial charge in [-0.2, -0.15) is 0 Å². The van der Waals surface area contributed by atoms with Crippen LogP contribution in [0.4, 0.5) is 21.9 Å². The van der Waals surface area contributed by atoms with Gasteiger partial charge in [0.25, 0.3) is 0 Å². The van der Waals surface area contributed by atoms with Crippen LogP contribution in [0, 0.1) is 13.8 Å². The highest BCUT2D eigenvalue weighted by Crippen LogP contribution is 2.44. The highest BCUT2D eigenvalue weighted by atomic mass is 32.2. The van der Waals surface area contributed by atoms with E-state index in [0.717, 1.165) is 55.3 Å². The topological polar surface area (TPSA) is 181 Å². The Kier molecular flexibility index (Phi) is 27.5. The number of carbonyl (C=O) groups excluding carboxylic acids is 3. The lowest BCUT2D eigenvalue weighted by molar-refractivity contribution is -0.670. The van der Waals surface area contributed by atoms with Crippen molar-refractivity contribution in [1.82, 2.24) is 19.9 Å². The van der Waals surface area contributed by atoms with E-state index in [2.05, 4.69) is 82.1 Å². The molecule has 0 radical (unpaired) electrons. The van der Waals surface area contributed by atoms with Gasteiger partial charge in [-0.15, -0.1) is 11.8 Å². The van der Waals surface area contributed by atoms with Crippen molar-refractivity contribution in [3.05, 3.63) is 144 Å². The summed E-state index contributed by atoms with van der Waals surface area (Å²) < 4.78 is 9.37. The number of rotatable bonds is 9. The average molecular weight is 1050 g/mol. The van der Waals surface area contributed by atoms with Crippen molar-refractivity contribution in [1.29, 1.82) is 0 Å². The van der Waals surface area contributed by atoms with Crippen LogP contribution in [-0.4, -0.2) is 82.6 Å². The maximum atomic E-state index is 11.8. The molecule has 3 aliphatic rings. The normalized spacial score (nSPS) is 13.7. The first kappa shape index (κ1) is 62.9. The van der Waals surface area contributed by atoms with Crippen molar-refractivity contribution in [3.63, 3.8) is 0 Å². The number of hydrogen-bond acceptors (Lipinski definition) is 9. The lowest BCUT2D eigenvalue weighted by atomic mass is 9.98. The van der Waals surface area contributed by atoms with Crippen molar-refractivity contribution in [2.45, 2.75) is 138 Å². The summed E-state index contributed by atoms with van der Waals surface area (Å²) in [6, 6.07) is 29.7. The third-order valence-electron chi connectivity index (χ3n) is 11.9. The van der Waals surface area contributed by atoms with Gasteiger partial charge in [0, 0.05) is 98.9 Å². The number of amides is 3. The summed E-state index contributed by atoms with van der Waals surface area (Å²) in [7, 11) is 3.96. The number of hydrogen-bond donors (Lipinski definition) is 5. The van der Waals surface area contributed by atoms with Crippen LogP contribution in [0.2, 0.25) is 0 Å². The molecule has 0 bridgehead atoms. The van der Waals surface area contributed by atoms with E-state index < -0.39 is 0 Å². The molecule has 0 fully saturated rings. The molecule has 2 aromatic heterocycles. The lowest BCUT2D eigenvalue weighted by Crippen LogP contribution is -2.31. The number of aryl methyl sites for hydroxylation is 4. The Labute approximate surface area is 453 Å². The van der Waals surface area contributed by atoms with Crippen LogP contribution in [-0.2, 0) is 41.3 Å². The Hall–Kier alpha value is -6.42. The summed E-state index contributed by atoms with van der Waals surface area (Å²) >= 11 is 1.78. The predicted molar refractivity (Wildman–Crippen MR) is 313 cm³/mol. The zero-order valence-electron chi connectivity index (χ0n) is 47.5. The van der Waals surface area contributed by atoms with E-state index in [4.69, 9.17) is 16.2 Å². The zero-order chi connectivity index (χ0) is 55.6. The van der Waals surface area contributed by atoms with Crippen LogP contribution in [0.25, 0.3) is 11.1 Å². The number of aromatic nitrogens is 4. The van der Waals surface area contributed by atoms with E-state index in [-0.39, 0.29) is 42.0 Å². The molecule has 3 amide bonds. The van der Waals surface area contributed by atoms with Crippen LogP contribution in [0.1, 0.15) is 122 Å². The second kappa shape index (κ2) is 32.8. The SMILES string of the molecule is CC.CC.CC(C)NC(=O)OCC1c2ccccc2-c2ccccc21.CC(N)Cc1c[n+](C)c[nH]1.CC(N)Cc1cncn1C.CCN1C(=O)CCNc2ccc(C)cc21.CCN1C(=O)CCSc2ccc(C)cc21. The van der Waals surface area contributed by atoms with Crippen LogP contribution >= 0.6 is 11.8 Å². The van der Waals surface area contributed by atoms with Crippen molar-refractivity contribution >= 4 is 46.7 Å². The number of fused-ring (bicyclic) bond motifs is 5. The van der Waals surface area contributed by atoms with Gasteiger partial charge in [0.05, 0.1) is 30.4 Å². The fourth-order valence-electron chi connectivity index (χ4n) is 8.51. The Morgan fingerprint density at radius 1 is 0.813 bits per heavy atom. The van der Waals surface area contributed by atoms with Gasteiger partial charge in [-0.3, -0.25) is 9.59 Å². The molecule has 0 spiro atoms. The minimum atomic E-state index is -0.355. The summed E-state index contributed by atoms with van der Waals surface area (Å²) in [5.41, 5.74) is 24.1. The van der Waals surface area contributed by atoms with E-state index in [1.165, 1.54) is 49.7 Å². The van der Waals surface area contributed by atoms with Crippen molar-refractivity contribution in [2.24, 2.45) is 25.6 Å². The number of nitrogens with two attached hydrogens (primary N) is 2. The molecule has 0 saturated heterocycles. The molecule has 6 aromatic rings. The summed E-state index contributed by atoms with van der Waals surface area (Å²) in [6.07, 6.45) is 10.3. The van der Waals surface area contributed by atoms with Gasteiger partial charge in [-0.25, -0.2) is 19.3 Å². The molecule has 4 aromatic carbocycles. The number of carbonyl (C=O) groups is 3. The van der Waals surface area contributed by atoms with E-state index in [0.29, 0.717) is 19.4 Å². The van der Waals surface area contributed by atoms with Crippen molar-refractivity contribution < 1.29 is 23.7 Å². The van der Waals surface area contributed by atoms with Gasteiger partial charge < -0.3 is 41.2 Å². The Balaban J connectivity index is 0.000000249. The first-order chi connectivity index (χ1) is 36.0. The van der Waals surface area contributed by atoms with Crippen LogP contribution in [0.5, 0.6) is 0 Å². The second-order valence-electron chi connectivity index (χ2n) is 18.6. The number of nitrogens with one attached hydrogen (secondary N) is 3. The molecule has 14 nitrogen and oxygen atoms in total. The number of benzene rings is 4. The molecular formula is C60H89N10O4S+. The summed E-state index contributed by atoms with van der Waals surface area (Å²) in [5.74, 6) is 1.46. The smallest absolute Gasteiger partial charge is 0.407 e. The summed E-state index contributed by atoms with van der Waals surface area (Å²) in [5, 5.41) is 6.04. The summed E-state index contributed by atoms with van der Waals surface area (Å²) in [4.78, 5) is 47.4. The largest absolute Gasteiger partial charge is 0.449 e. The van der Waals surface area contributed by atoms with Gasteiger partial charge in [0.1, 0.15) is 18.5 Å². The molecule has 75 heavy (non-hydrogen) atoms. The third kappa shape index (κ3) is 19.7. The zero-order valence-corrected chi connectivity index (χ0v) is 48.3. The van der Waals surface area contributed by atoms with E-state index in [9.17, 15) is 14.4 Å². The molecule has 1 aliphatic carbocycles. The quantitative estimate of drug-likeness (QED) is 0.0881. The molecule has 2 aliphatic heterocycles. The van der Waals surface area contributed by atoms with Gasteiger partial charge in [0.2, 0.25) is 18.1 Å². The number of H-pyrrole nitrogens is 1. The van der Waals surface area contributed by atoms with Crippen molar-refractivity contribution in [2.75, 3.05) is 47.1 Å². The number of aromatic amines is 1. The first-order valence-corrected chi connectivity index (χ1v) is 27.8. The minimum Gasteiger partial charge on any atom is -0.449 e. The monoisotopic (exact) mass is 1050 g/mol. The Morgan fingerprint density at radius 2 is 1.37 bits per heavy atom. The Morgan fingerprint density at radius 3 is 1.91 bits per heavy atom. The molecule has 2 atom stereocenters. The van der Waals surface area contributed by atoms with Crippen LogP contribution < -0.4 is 36.5 Å². The Bertz CT molecular complexity index is 2540. The number of anilines is 3. The molecule has 0 saturated carbocycles. The average Bonchev–Trinajstić information content (AvgIpc) is 4.02. The number of thioether (sulfide) groups is 1. The van der Waals surface area contributed by atoms with Gasteiger partial charge in [0.15, 0.2) is 0 Å². The second-order valence-corrected chi connectivity index (χ2v) is 19.8. The molecule has 408 valence electrons. The number of alkyl carbamates (subject to hydrolysis) is 1. The standard InChI is InChI=1S/C18H19NO2.C12H16N2O.C12H15NOS.2C7H13N3.2C2H6/c1-12(2)19-18(20)21-11-17-15-9-5-3-7-13(15)14-8-4-6-10-16(14)17;1-3-14-11-8-9(2)4-5-10(11)13-7-6-12(14)15;1-3-13-10-8-9(2)4-5-11(10)15-7-6-12(13)14;1-6(8)3-7-4-10(2)5-9-7;1-6(8)3-7-4-9-5-10(7)2;2*1-2/h3-10,12,17H,11H2,1-2H3,(H,19,20);4-5,8,13H,3,6-7H2,1-2H3;4-5,8H,3,6-7H2,1-2H3;2*4-6H,3,8H2,1-2H3;2*1-2H3/p+1. The molecule has 15 heteroatoms. The van der Waals surface area contributed by atoms with Crippen molar-refractivity contribution in [3.8, 4) is 11.1 Å². The maximum Gasteiger partial charge on any atom is 0.407 e. The number of ether oxygens (including phenoxy) is 1. The fourth-order valence-corrected chi connectivity index (χ4v) is 9.49. The van der Waals surface area contributed by atoms with E-state index >= 15 is 0 Å². The number of imidazole rings is 2. The minimum absolute atomic E-state index is 0.0839. The molecule has 9 rings (SSSR count). The first-order valence-electron chi connectivity index (χ1n) is 26.8. The highest BCUT2D eigenvalue weighted by molar-refractivity contribution is 7.99. The van der Waals surface area contributed by atoms with E-state index in [1.54, 1.807) is 18.1 Å². The fraction of sp³-hybridized carbons (Fsp3) is 0.450. The highest BCUT2D eigenvalue weighted by Gasteiger charge is 2.29. The third-order valence-corrected chi connectivity index (χ3v) is 12.9. The van der Waals surface area contributed by atoms with Gasteiger partial charge in [-0.05, 0) is 113 Å². The number of nitrogens with zero attached hydrogens (tertiary/aromatic N) is 5. The molecule has 2 unspecified atom stereocenters. The predicted octanol–water partition coefficient (Wildman–Crippen LogP) is 11.0. The van der Waals surface area contributed by atoms with Crippen LogP contribution in [0.15, 0.2) is 115 Å². The maximum absolute atomic E-state index is 11.8. The van der Waals surface area contributed by atoms with Gasteiger partial charge in [-0.1, -0.05) is 88.4 Å². The molecule has 4 heterocycles. The van der Waals surface area contributed by atoms with E-state index in [1.807, 2.05) is 158 Å². The van der Waals surface area contributed by atoms with Gasteiger partial charge >= 0.3 is 6.09 Å². The summed E-state index contributed by atoms with van der Waals surface area (Å²) in [6.45, 7) is 26.6. The van der Waals surface area contributed by atoms with Crippen LogP contribution in [0.3, 0.4) is 0 Å². The molecular weight excluding hydrogens is 957 g/mol. The lowest BCUT2D eigenvalue weighted by Gasteiger charge is -2.21. The molecule has 7 N–H and O–H groups in total.